The fraction of sp³-hybridized carbons (Fsp3) is 0.500. The predicted molar refractivity (Wildman–Crippen MR) is 76.7 cm³/mol. The minimum atomic E-state index is -0.109. The van der Waals surface area contributed by atoms with Crippen LogP contribution in [-0.4, -0.2) is 25.3 Å². The number of fused-ring (bicyclic) bond motifs is 1. The first-order chi connectivity index (χ1) is 9.33. The Kier molecular flexibility index (Phi) is 3.47. The summed E-state index contributed by atoms with van der Waals surface area (Å²) >= 11 is 0. The first kappa shape index (κ1) is 12.5. The van der Waals surface area contributed by atoms with Crippen molar-refractivity contribution >= 4 is 6.08 Å². The molecule has 2 aliphatic rings. The van der Waals surface area contributed by atoms with Gasteiger partial charge in [0.05, 0.1) is 12.2 Å². The fourth-order valence-corrected chi connectivity index (χ4v) is 2.72. The van der Waals surface area contributed by atoms with Crippen molar-refractivity contribution in [3.8, 4) is 11.5 Å². The molecule has 19 heavy (non-hydrogen) atoms. The molecule has 0 atom stereocenters. The molecule has 3 nitrogen and oxygen atoms in total. The van der Waals surface area contributed by atoms with Gasteiger partial charge in [-0.2, -0.15) is 0 Å². The van der Waals surface area contributed by atoms with Gasteiger partial charge in [-0.15, -0.1) is 0 Å². The van der Waals surface area contributed by atoms with Gasteiger partial charge >= 0.3 is 0 Å². The topological polar surface area (TPSA) is 30.5 Å². The van der Waals surface area contributed by atoms with Gasteiger partial charge in [0.25, 0.3) is 0 Å². The molecule has 0 bridgehead atoms. The van der Waals surface area contributed by atoms with E-state index in [4.69, 9.17) is 9.47 Å². The lowest BCUT2D eigenvalue weighted by molar-refractivity contribution is 0.0818. The van der Waals surface area contributed by atoms with Crippen LogP contribution in [0.3, 0.4) is 0 Å². The molecule has 3 heteroatoms. The number of piperidine rings is 1. The second-order valence-corrected chi connectivity index (χ2v) is 5.27. The van der Waals surface area contributed by atoms with E-state index in [1.807, 2.05) is 18.2 Å². The summed E-state index contributed by atoms with van der Waals surface area (Å²) in [6.07, 6.45) is 7.47. The summed E-state index contributed by atoms with van der Waals surface area (Å²) in [6, 6.07) is 6.07. The van der Waals surface area contributed by atoms with Crippen LogP contribution in [0.5, 0.6) is 11.5 Å². The first-order valence-electron chi connectivity index (χ1n) is 7.18. The summed E-state index contributed by atoms with van der Waals surface area (Å²) in [6.45, 7) is 4.91. The van der Waals surface area contributed by atoms with E-state index in [0.29, 0.717) is 0 Å². The van der Waals surface area contributed by atoms with Crippen LogP contribution in [0, 0.1) is 0 Å². The predicted octanol–water partition coefficient (Wildman–Crippen LogP) is 3.00. The Balaban J connectivity index is 1.86. The molecular formula is C16H21NO2. The van der Waals surface area contributed by atoms with Gasteiger partial charge in [0, 0.05) is 12.8 Å². The molecule has 1 fully saturated rings. The fourth-order valence-electron chi connectivity index (χ4n) is 2.72. The van der Waals surface area contributed by atoms with Crippen molar-refractivity contribution in [2.45, 2.75) is 31.8 Å². The third kappa shape index (κ3) is 2.47. The highest BCUT2D eigenvalue weighted by Gasteiger charge is 2.34. The first-order valence-corrected chi connectivity index (χ1v) is 7.18. The van der Waals surface area contributed by atoms with Gasteiger partial charge in [-0.25, -0.2) is 0 Å². The average Bonchev–Trinajstić information content (AvgIpc) is 2.45. The molecule has 0 saturated carbocycles. The number of hydrogen-bond acceptors (Lipinski definition) is 3. The standard InChI is InChI=1S/C16H21NO2/c1-2-12-18-14-4-3-5-15-13(14)6-7-16(19-15)8-10-17-11-9-16/h3-7,17H,2,8-12H2,1H3. The third-order valence-corrected chi connectivity index (χ3v) is 3.80. The lowest BCUT2D eigenvalue weighted by Crippen LogP contribution is -2.45. The van der Waals surface area contributed by atoms with Crippen molar-refractivity contribution in [2.24, 2.45) is 0 Å². The van der Waals surface area contributed by atoms with E-state index in [9.17, 15) is 0 Å². The van der Waals surface area contributed by atoms with Crippen molar-refractivity contribution < 1.29 is 9.47 Å². The normalized spacial score (nSPS) is 19.8. The van der Waals surface area contributed by atoms with Crippen molar-refractivity contribution in [3.63, 3.8) is 0 Å². The molecule has 2 aliphatic heterocycles. The van der Waals surface area contributed by atoms with Crippen LogP contribution in [0.15, 0.2) is 24.3 Å². The zero-order chi connectivity index (χ0) is 13.1. The van der Waals surface area contributed by atoms with Crippen molar-refractivity contribution in [3.05, 3.63) is 29.8 Å². The van der Waals surface area contributed by atoms with E-state index in [-0.39, 0.29) is 5.60 Å². The second kappa shape index (κ2) is 5.25. The summed E-state index contributed by atoms with van der Waals surface area (Å²) in [5.41, 5.74) is 0.974. The molecule has 1 aromatic rings. The largest absolute Gasteiger partial charge is 0.493 e. The molecule has 0 amide bonds. The molecular weight excluding hydrogens is 238 g/mol. The summed E-state index contributed by atoms with van der Waals surface area (Å²) in [7, 11) is 0. The van der Waals surface area contributed by atoms with Crippen molar-refractivity contribution in [1.29, 1.82) is 0 Å². The van der Waals surface area contributed by atoms with Crippen LogP contribution >= 0.6 is 0 Å². The molecule has 2 heterocycles. The van der Waals surface area contributed by atoms with Gasteiger partial charge in [-0.1, -0.05) is 13.0 Å². The second-order valence-electron chi connectivity index (χ2n) is 5.27. The van der Waals surface area contributed by atoms with Gasteiger partial charge in [-0.05, 0) is 43.8 Å². The van der Waals surface area contributed by atoms with E-state index in [1.54, 1.807) is 0 Å². The number of ether oxygens (including phenoxy) is 2. The number of hydrogen-bond donors (Lipinski definition) is 1. The van der Waals surface area contributed by atoms with Crippen molar-refractivity contribution in [1.82, 2.24) is 5.32 Å². The minimum absolute atomic E-state index is 0.109. The molecule has 102 valence electrons. The monoisotopic (exact) mass is 259 g/mol. The van der Waals surface area contributed by atoms with Gasteiger partial charge < -0.3 is 14.8 Å². The lowest BCUT2D eigenvalue weighted by atomic mass is 9.89. The quantitative estimate of drug-likeness (QED) is 0.905. The summed E-state index contributed by atoms with van der Waals surface area (Å²) in [4.78, 5) is 0. The highest BCUT2D eigenvalue weighted by atomic mass is 16.5. The van der Waals surface area contributed by atoms with Crippen LogP contribution in [0.1, 0.15) is 31.7 Å². The molecule has 0 unspecified atom stereocenters. The van der Waals surface area contributed by atoms with Crippen LogP contribution < -0.4 is 14.8 Å². The minimum Gasteiger partial charge on any atom is -0.493 e. The molecule has 1 N–H and O–H groups in total. The Hall–Kier alpha value is -1.48. The molecule has 0 aliphatic carbocycles. The zero-order valence-corrected chi connectivity index (χ0v) is 11.4. The van der Waals surface area contributed by atoms with E-state index in [2.05, 4.69) is 24.4 Å². The summed E-state index contributed by atoms with van der Waals surface area (Å²) < 4.78 is 12.1. The van der Waals surface area contributed by atoms with Crippen LogP contribution in [0.4, 0.5) is 0 Å². The Morgan fingerprint density at radius 2 is 2.16 bits per heavy atom. The van der Waals surface area contributed by atoms with Gasteiger partial charge in [-0.3, -0.25) is 0 Å². The van der Waals surface area contributed by atoms with Gasteiger partial charge in [0.2, 0.25) is 0 Å². The molecule has 1 saturated heterocycles. The number of rotatable bonds is 3. The summed E-state index contributed by atoms with van der Waals surface area (Å²) in [5.74, 6) is 1.89. The molecule has 0 radical (unpaired) electrons. The Morgan fingerprint density at radius 3 is 2.95 bits per heavy atom. The molecule has 1 spiro atoms. The SMILES string of the molecule is CCCOc1cccc2c1C=CC1(CCNCC1)O2. The molecule has 3 rings (SSSR count). The smallest absolute Gasteiger partial charge is 0.131 e. The molecule has 1 aromatic carbocycles. The third-order valence-electron chi connectivity index (χ3n) is 3.80. The maximum atomic E-state index is 6.27. The van der Waals surface area contributed by atoms with Gasteiger partial charge in [0.15, 0.2) is 0 Å². The molecule has 0 aromatic heterocycles. The Bertz CT molecular complexity index is 476. The lowest BCUT2D eigenvalue weighted by Gasteiger charge is -2.38. The average molecular weight is 259 g/mol. The summed E-state index contributed by atoms with van der Waals surface area (Å²) in [5, 5.41) is 3.38. The highest BCUT2D eigenvalue weighted by Crippen LogP contribution is 2.39. The van der Waals surface area contributed by atoms with E-state index >= 15 is 0 Å². The maximum absolute atomic E-state index is 6.27. The zero-order valence-electron chi connectivity index (χ0n) is 11.4. The number of nitrogens with one attached hydrogen (secondary N) is 1. The van der Waals surface area contributed by atoms with Gasteiger partial charge in [0.1, 0.15) is 17.1 Å². The van der Waals surface area contributed by atoms with E-state index in [0.717, 1.165) is 56.0 Å². The van der Waals surface area contributed by atoms with Crippen molar-refractivity contribution in [2.75, 3.05) is 19.7 Å². The van der Waals surface area contributed by atoms with Crippen LogP contribution in [0.25, 0.3) is 6.08 Å². The Morgan fingerprint density at radius 1 is 1.32 bits per heavy atom. The van der Waals surface area contributed by atoms with Crippen LogP contribution in [0.2, 0.25) is 0 Å². The highest BCUT2D eigenvalue weighted by molar-refractivity contribution is 5.67. The van der Waals surface area contributed by atoms with E-state index in [1.165, 1.54) is 0 Å². The van der Waals surface area contributed by atoms with Crippen LogP contribution in [-0.2, 0) is 0 Å². The van der Waals surface area contributed by atoms with E-state index < -0.39 is 0 Å². The Labute approximate surface area is 114 Å². The number of benzene rings is 1. The maximum Gasteiger partial charge on any atom is 0.131 e.